The Bertz CT molecular complexity index is 194. The molecule has 0 rings (SSSR count). The molecule has 1 amide bonds. The molecule has 3 heteroatoms. The first-order valence-electron chi connectivity index (χ1n) is 5.12. The highest BCUT2D eigenvalue weighted by molar-refractivity contribution is 5.75. The van der Waals surface area contributed by atoms with Crippen molar-refractivity contribution in [3.8, 4) is 12.3 Å². The summed E-state index contributed by atoms with van der Waals surface area (Å²) in [5.41, 5.74) is 5.56. The van der Waals surface area contributed by atoms with E-state index in [1.165, 1.54) is 0 Å². The first kappa shape index (κ1) is 13.0. The molecule has 0 radical (unpaired) electrons. The molecule has 14 heavy (non-hydrogen) atoms. The van der Waals surface area contributed by atoms with Gasteiger partial charge >= 0.3 is 0 Å². The molecule has 1 unspecified atom stereocenters. The number of amides is 1. The lowest BCUT2D eigenvalue weighted by molar-refractivity contribution is -0.121. The number of carbonyl (C=O) groups excluding carboxylic acids is 1. The van der Waals surface area contributed by atoms with Gasteiger partial charge in [-0.3, -0.25) is 4.79 Å². The first-order chi connectivity index (χ1) is 6.66. The summed E-state index contributed by atoms with van der Waals surface area (Å²) >= 11 is 0. The van der Waals surface area contributed by atoms with E-state index >= 15 is 0 Å². The van der Waals surface area contributed by atoms with E-state index in [4.69, 9.17) is 12.2 Å². The maximum atomic E-state index is 11.2. The Kier molecular flexibility index (Phi) is 7.96. The van der Waals surface area contributed by atoms with Gasteiger partial charge in [0.15, 0.2) is 0 Å². The van der Waals surface area contributed by atoms with Gasteiger partial charge in [0.1, 0.15) is 0 Å². The van der Waals surface area contributed by atoms with Crippen LogP contribution in [0.4, 0.5) is 0 Å². The average molecular weight is 196 g/mol. The molecule has 0 saturated carbocycles. The summed E-state index contributed by atoms with van der Waals surface area (Å²) < 4.78 is 0. The Labute approximate surface area is 86.4 Å². The number of carbonyl (C=O) groups is 1. The molecule has 3 N–H and O–H groups in total. The van der Waals surface area contributed by atoms with Crippen LogP contribution >= 0.6 is 0 Å². The highest BCUT2D eigenvalue weighted by Crippen LogP contribution is 1.98. The van der Waals surface area contributed by atoms with E-state index in [1.807, 2.05) is 6.92 Å². The standard InChI is InChI=1S/C11H20N2O/c1-3-4-5-9-13-11(14)8-6-7-10(2)12/h1,10H,4-9,12H2,2H3,(H,13,14). The van der Waals surface area contributed by atoms with E-state index in [9.17, 15) is 4.79 Å². The van der Waals surface area contributed by atoms with E-state index in [-0.39, 0.29) is 11.9 Å². The van der Waals surface area contributed by atoms with Crippen LogP contribution < -0.4 is 11.1 Å². The third kappa shape index (κ3) is 9.08. The van der Waals surface area contributed by atoms with Crippen molar-refractivity contribution >= 4 is 5.91 Å². The summed E-state index contributed by atoms with van der Waals surface area (Å²) in [6.45, 7) is 2.63. The molecule has 0 saturated heterocycles. The van der Waals surface area contributed by atoms with Gasteiger partial charge in [-0.05, 0) is 26.2 Å². The fourth-order valence-corrected chi connectivity index (χ4v) is 1.09. The summed E-state index contributed by atoms with van der Waals surface area (Å²) in [7, 11) is 0. The fraction of sp³-hybridized carbons (Fsp3) is 0.727. The Balaban J connectivity index is 3.25. The molecule has 1 atom stereocenters. The topological polar surface area (TPSA) is 55.1 Å². The molecule has 0 aromatic carbocycles. The maximum absolute atomic E-state index is 11.2. The zero-order valence-corrected chi connectivity index (χ0v) is 8.88. The van der Waals surface area contributed by atoms with Crippen LogP contribution in [0.25, 0.3) is 0 Å². The SMILES string of the molecule is C#CCCCNC(=O)CCCC(C)N. The highest BCUT2D eigenvalue weighted by Gasteiger charge is 2.01. The lowest BCUT2D eigenvalue weighted by Gasteiger charge is -2.05. The van der Waals surface area contributed by atoms with Gasteiger partial charge in [0, 0.05) is 25.4 Å². The summed E-state index contributed by atoms with van der Waals surface area (Å²) in [6.07, 6.45) is 8.99. The molecule has 0 spiro atoms. The number of nitrogens with one attached hydrogen (secondary N) is 1. The monoisotopic (exact) mass is 196 g/mol. The van der Waals surface area contributed by atoms with Gasteiger partial charge in [-0.25, -0.2) is 0 Å². The summed E-state index contributed by atoms with van der Waals surface area (Å²) in [5, 5.41) is 2.82. The van der Waals surface area contributed by atoms with Crippen molar-refractivity contribution in [1.82, 2.24) is 5.32 Å². The van der Waals surface area contributed by atoms with Gasteiger partial charge in [0.05, 0.1) is 0 Å². The number of hydrogen-bond donors (Lipinski definition) is 2. The van der Waals surface area contributed by atoms with Crippen LogP contribution in [0.1, 0.15) is 39.0 Å². The smallest absolute Gasteiger partial charge is 0.219 e. The van der Waals surface area contributed by atoms with Crippen LogP contribution in [-0.2, 0) is 4.79 Å². The zero-order valence-electron chi connectivity index (χ0n) is 8.88. The molecule has 3 nitrogen and oxygen atoms in total. The predicted molar refractivity (Wildman–Crippen MR) is 58.6 cm³/mol. The van der Waals surface area contributed by atoms with Crippen LogP contribution in [0.2, 0.25) is 0 Å². The second kappa shape index (κ2) is 8.58. The van der Waals surface area contributed by atoms with Crippen molar-refractivity contribution in [1.29, 1.82) is 0 Å². The van der Waals surface area contributed by atoms with Gasteiger partial charge < -0.3 is 11.1 Å². The molecule has 0 heterocycles. The van der Waals surface area contributed by atoms with E-state index in [0.29, 0.717) is 13.0 Å². The van der Waals surface area contributed by atoms with E-state index in [0.717, 1.165) is 25.7 Å². The molecular formula is C11H20N2O. The molecular weight excluding hydrogens is 176 g/mol. The minimum absolute atomic E-state index is 0.0997. The van der Waals surface area contributed by atoms with Crippen LogP contribution in [0, 0.1) is 12.3 Å². The zero-order chi connectivity index (χ0) is 10.8. The Morgan fingerprint density at radius 3 is 2.86 bits per heavy atom. The van der Waals surface area contributed by atoms with E-state index < -0.39 is 0 Å². The normalized spacial score (nSPS) is 11.8. The Hall–Kier alpha value is -1.01. The minimum Gasteiger partial charge on any atom is -0.356 e. The number of nitrogens with two attached hydrogens (primary N) is 1. The first-order valence-corrected chi connectivity index (χ1v) is 5.12. The van der Waals surface area contributed by atoms with Crippen molar-refractivity contribution < 1.29 is 4.79 Å². The van der Waals surface area contributed by atoms with E-state index in [2.05, 4.69) is 11.2 Å². The largest absolute Gasteiger partial charge is 0.356 e. The van der Waals surface area contributed by atoms with Crippen molar-refractivity contribution in [2.45, 2.75) is 45.1 Å². The van der Waals surface area contributed by atoms with Crippen LogP contribution in [0.15, 0.2) is 0 Å². The second-order valence-corrected chi connectivity index (χ2v) is 3.53. The van der Waals surface area contributed by atoms with Crippen LogP contribution in [0.3, 0.4) is 0 Å². The summed E-state index contributed by atoms with van der Waals surface area (Å²) in [5.74, 6) is 2.63. The molecule has 0 bridgehead atoms. The van der Waals surface area contributed by atoms with E-state index in [1.54, 1.807) is 0 Å². The van der Waals surface area contributed by atoms with Crippen molar-refractivity contribution in [2.75, 3.05) is 6.54 Å². The molecule has 0 fully saturated rings. The quantitative estimate of drug-likeness (QED) is 0.472. The Morgan fingerprint density at radius 2 is 2.29 bits per heavy atom. The van der Waals surface area contributed by atoms with Crippen molar-refractivity contribution in [3.05, 3.63) is 0 Å². The lowest BCUT2D eigenvalue weighted by Crippen LogP contribution is -2.24. The van der Waals surface area contributed by atoms with Crippen molar-refractivity contribution in [2.24, 2.45) is 5.73 Å². The van der Waals surface area contributed by atoms with Crippen LogP contribution in [-0.4, -0.2) is 18.5 Å². The van der Waals surface area contributed by atoms with Gasteiger partial charge in [0.2, 0.25) is 5.91 Å². The highest BCUT2D eigenvalue weighted by atomic mass is 16.1. The average Bonchev–Trinajstić information content (AvgIpc) is 2.12. The molecule has 0 aromatic heterocycles. The molecule has 80 valence electrons. The third-order valence-corrected chi connectivity index (χ3v) is 1.88. The summed E-state index contributed by atoms with van der Waals surface area (Å²) in [6, 6.07) is 0.184. The number of unbranched alkanes of at least 4 members (excludes halogenated alkanes) is 1. The van der Waals surface area contributed by atoms with Gasteiger partial charge in [-0.2, -0.15) is 0 Å². The minimum atomic E-state index is 0.0997. The molecule has 0 aliphatic heterocycles. The molecule has 0 aliphatic rings. The predicted octanol–water partition coefficient (Wildman–Crippen LogP) is 1.03. The number of rotatable bonds is 7. The van der Waals surface area contributed by atoms with Gasteiger partial charge in [0.25, 0.3) is 0 Å². The maximum Gasteiger partial charge on any atom is 0.219 e. The Morgan fingerprint density at radius 1 is 1.57 bits per heavy atom. The van der Waals surface area contributed by atoms with Crippen molar-refractivity contribution in [3.63, 3.8) is 0 Å². The third-order valence-electron chi connectivity index (χ3n) is 1.88. The van der Waals surface area contributed by atoms with Gasteiger partial charge in [-0.1, -0.05) is 0 Å². The lowest BCUT2D eigenvalue weighted by atomic mass is 10.1. The fourth-order valence-electron chi connectivity index (χ4n) is 1.09. The second-order valence-electron chi connectivity index (χ2n) is 3.53. The molecule has 0 aromatic rings. The summed E-state index contributed by atoms with van der Waals surface area (Å²) in [4.78, 5) is 11.2. The number of hydrogen-bond acceptors (Lipinski definition) is 2. The molecule has 0 aliphatic carbocycles. The van der Waals surface area contributed by atoms with Crippen LogP contribution in [0.5, 0.6) is 0 Å². The van der Waals surface area contributed by atoms with Gasteiger partial charge in [-0.15, -0.1) is 12.3 Å². The number of terminal acetylenes is 1.